The van der Waals surface area contributed by atoms with Crippen molar-refractivity contribution >= 4 is 5.82 Å². The van der Waals surface area contributed by atoms with Crippen LogP contribution in [0.4, 0.5) is 5.82 Å². The fourth-order valence-corrected chi connectivity index (χ4v) is 1.97. The number of aromatic nitrogens is 4. The van der Waals surface area contributed by atoms with Crippen LogP contribution >= 0.6 is 0 Å². The largest absolute Gasteiger partial charge is 0.363 e. The van der Waals surface area contributed by atoms with Gasteiger partial charge in [0.1, 0.15) is 5.82 Å². The SMILES string of the molecule is CCCn1nccc1CNc1ccn([C@@H](C)CC)n1. The first-order chi connectivity index (χ1) is 9.24. The standard InChI is InChI=1S/C14H23N5/c1-4-9-19-13(6-8-16-19)11-15-14-7-10-18(17-14)12(3)5-2/h6-8,10,12H,4-5,9,11H2,1-3H3,(H,15,17)/t12-/m0/s1. The van der Waals surface area contributed by atoms with Crippen molar-refractivity contribution in [1.29, 1.82) is 0 Å². The van der Waals surface area contributed by atoms with Gasteiger partial charge in [-0.2, -0.15) is 10.2 Å². The lowest BCUT2D eigenvalue weighted by Crippen LogP contribution is -2.10. The van der Waals surface area contributed by atoms with Crippen LogP contribution < -0.4 is 5.32 Å². The normalized spacial score (nSPS) is 12.6. The first-order valence-electron chi connectivity index (χ1n) is 7.04. The predicted octanol–water partition coefficient (Wildman–Crippen LogP) is 3.07. The zero-order valence-corrected chi connectivity index (χ0v) is 12.0. The molecule has 2 aromatic rings. The fourth-order valence-electron chi connectivity index (χ4n) is 1.97. The minimum atomic E-state index is 0.446. The van der Waals surface area contributed by atoms with E-state index in [1.807, 2.05) is 33.9 Å². The molecule has 0 aliphatic heterocycles. The summed E-state index contributed by atoms with van der Waals surface area (Å²) in [5.41, 5.74) is 1.19. The number of hydrogen-bond acceptors (Lipinski definition) is 3. The molecule has 1 N–H and O–H groups in total. The van der Waals surface area contributed by atoms with E-state index in [-0.39, 0.29) is 0 Å². The third kappa shape index (κ3) is 3.36. The Morgan fingerprint density at radius 2 is 2.16 bits per heavy atom. The van der Waals surface area contributed by atoms with Crippen molar-refractivity contribution in [2.45, 2.75) is 52.7 Å². The van der Waals surface area contributed by atoms with Crippen LogP contribution in [-0.2, 0) is 13.1 Å². The number of anilines is 1. The molecule has 5 heteroatoms. The second-order valence-electron chi connectivity index (χ2n) is 4.84. The maximum atomic E-state index is 4.53. The zero-order chi connectivity index (χ0) is 13.7. The minimum absolute atomic E-state index is 0.446. The lowest BCUT2D eigenvalue weighted by atomic mass is 10.3. The van der Waals surface area contributed by atoms with Gasteiger partial charge >= 0.3 is 0 Å². The molecule has 2 rings (SSSR count). The molecular formula is C14H23N5. The van der Waals surface area contributed by atoms with Crippen molar-refractivity contribution in [1.82, 2.24) is 19.6 Å². The highest BCUT2D eigenvalue weighted by atomic mass is 15.3. The molecule has 0 spiro atoms. The molecule has 0 radical (unpaired) electrons. The van der Waals surface area contributed by atoms with Gasteiger partial charge < -0.3 is 5.32 Å². The van der Waals surface area contributed by atoms with Crippen molar-refractivity contribution in [3.05, 3.63) is 30.2 Å². The van der Waals surface area contributed by atoms with E-state index < -0.39 is 0 Å². The zero-order valence-electron chi connectivity index (χ0n) is 12.0. The van der Waals surface area contributed by atoms with Gasteiger partial charge in [0.05, 0.1) is 12.2 Å². The Morgan fingerprint density at radius 1 is 1.32 bits per heavy atom. The van der Waals surface area contributed by atoms with Gasteiger partial charge in [-0.05, 0) is 25.8 Å². The molecule has 19 heavy (non-hydrogen) atoms. The Balaban J connectivity index is 1.94. The summed E-state index contributed by atoms with van der Waals surface area (Å²) in [5.74, 6) is 0.921. The number of nitrogens with one attached hydrogen (secondary N) is 1. The van der Waals surface area contributed by atoms with E-state index in [9.17, 15) is 0 Å². The van der Waals surface area contributed by atoms with Gasteiger partial charge in [-0.25, -0.2) is 0 Å². The van der Waals surface area contributed by atoms with Crippen LogP contribution in [0.15, 0.2) is 24.5 Å². The average Bonchev–Trinajstić information content (AvgIpc) is 3.05. The van der Waals surface area contributed by atoms with Crippen LogP contribution in [-0.4, -0.2) is 19.6 Å². The van der Waals surface area contributed by atoms with E-state index in [0.29, 0.717) is 6.04 Å². The van der Waals surface area contributed by atoms with Crippen LogP contribution in [0.25, 0.3) is 0 Å². The van der Waals surface area contributed by atoms with Gasteiger partial charge in [0.25, 0.3) is 0 Å². The van der Waals surface area contributed by atoms with Gasteiger partial charge in [-0.3, -0.25) is 9.36 Å². The monoisotopic (exact) mass is 261 g/mol. The first kappa shape index (κ1) is 13.6. The summed E-state index contributed by atoms with van der Waals surface area (Å²) < 4.78 is 4.05. The lowest BCUT2D eigenvalue weighted by molar-refractivity contribution is 0.479. The molecule has 2 heterocycles. The van der Waals surface area contributed by atoms with Crippen LogP contribution in [0.1, 0.15) is 45.3 Å². The van der Waals surface area contributed by atoms with E-state index in [2.05, 4.69) is 36.3 Å². The highest BCUT2D eigenvalue weighted by Crippen LogP contribution is 2.12. The van der Waals surface area contributed by atoms with Gasteiger partial charge in [-0.1, -0.05) is 13.8 Å². The number of rotatable bonds is 7. The molecular weight excluding hydrogens is 238 g/mol. The fraction of sp³-hybridized carbons (Fsp3) is 0.571. The molecule has 104 valence electrons. The number of hydrogen-bond donors (Lipinski definition) is 1. The highest BCUT2D eigenvalue weighted by molar-refractivity contribution is 5.33. The molecule has 0 unspecified atom stereocenters. The van der Waals surface area contributed by atoms with Crippen LogP contribution in [0.2, 0.25) is 0 Å². The topological polar surface area (TPSA) is 47.7 Å². The van der Waals surface area contributed by atoms with Crippen LogP contribution in [0.3, 0.4) is 0 Å². The van der Waals surface area contributed by atoms with Crippen molar-refractivity contribution in [3.63, 3.8) is 0 Å². The van der Waals surface area contributed by atoms with Gasteiger partial charge in [0.2, 0.25) is 0 Å². The average molecular weight is 261 g/mol. The molecule has 0 aliphatic rings. The van der Waals surface area contributed by atoms with Crippen LogP contribution in [0.5, 0.6) is 0 Å². The first-order valence-corrected chi connectivity index (χ1v) is 7.04. The molecule has 0 saturated heterocycles. The summed E-state index contributed by atoms with van der Waals surface area (Å²) in [4.78, 5) is 0. The Labute approximate surface area is 114 Å². The van der Waals surface area contributed by atoms with E-state index in [1.165, 1.54) is 5.69 Å². The molecule has 0 bridgehead atoms. The molecule has 0 aliphatic carbocycles. The lowest BCUT2D eigenvalue weighted by Gasteiger charge is -2.09. The Bertz CT molecular complexity index is 499. The van der Waals surface area contributed by atoms with Crippen molar-refractivity contribution in [2.24, 2.45) is 0 Å². The highest BCUT2D eigenvalue weighted by Gasteiger charge is 2.05. The predicted molar refractivity (Wildman–Crippen MR) is 77.1 cm³/mol. The van der Waals surface area contributed by atoms with Crippen molar-refractivity contribution in [2.75, 3.05) is 5.32 Å². The van der Waals surface area contributed by atoms with Gasteiger partial charge in [0, 0.05) is 31.0 Å². The summed E-state index contributed by atoms with van der Waals surface area (Å²) >= 11 is 0. The van der Waals surface area contributed by atoms with Crippen LogP contribution in [0, 0.1) is 0 Å². The second kappa shape index (κ2) is 6.41. The molecule has 5 nitrogen and oxygen atoms in total. The van der Waals surface area contributed by atoms with Gasteiger partial charge in [-0.15, -0.1) is 0 Å². The molecule has 0 fully saturated rings. The van der Waals surface area contributed by atoms with Crippen molar-refractivity contribution in [3.8, 4) is 0 Å². The molecule has 0 aromatic carbocycles. The third-order valence-electron chi connectivity index (χ3n) is 3.34. The Hall–Kier alpha value is -1.78. The summed E-state index contributed by atoms with van der Waals surface area (Å²) in [7, 11) is 0. The second-order valence-corrected chi connectivity index (χ2v) is 4.84. The minimum Gasteiger partial charge on any atom is -0.363 e. The maximum Gasteiger partial charge on any atom is 0.148 e. The van der Waals surface area contributed by atoms with Crippen molar-refractivity contribution < 1.29 is 0 Å². The molecule has 2 aromatic heterocycles. The molecule has 0 amide bonds. The maximum absolute atomic E-state index is 4.53. The van der Waals surface area contributed by atoms with E-state index >= 15 is 0 Å². The van der Waals surface area contributed by atoms with E-state index in [1.54, 1.807) is 0 Å². The van der Waals surface area contributed by atoms with Gasteiger partial charge in [0.15, 0.2) is 0 Å². The van der Waals surface area contributed by atoms with E-state index in [0.717, 1.165) is 31.7 Å². The van der Waals surface area contributed by atoms with E-state index in [4.69, 9.17) is 0 Å². The summed E-state index contributed by atoms with van der Waals surface area (Å²) in [6.45, 7) is 8.23. The Morgan fingerprint density at radius 3 is 2.89 bits per heavy atom. The summed E-state index contributed by atoms with van der Waals surface area (Å²) in [6, 6.07) is 4.52. The third-order valence-corrected chi connectivity index (χ3v) is 3.34. The summed E-state index contributed by atoms with van der Waals surface area (Å²) in [6.07, 6.45) is 6.06. The Kier molecular flexibility index (Phi) is 4.60. The molecule has 1 atom stereocenters. The number of aryl methyl sites for hydroxylation is 1. The number of nitrogens with zero attached hydrogens (tertiary/aromatic N) is 4. The smallest absolute Gasteiger partial charge is 0.148 e. The summed E-state index contributed by atoms with van der Waals surface area (Å²) in [5, 5.41) is 12.2. The molecule has 0 saturated carbocycles. The quantitative estimate of drug-likeness (QED) is 0.833.